The maximum atomic E-state index is 11.4. The van der Waals surface area contributed by atoms with E-state index in [0.29, 0.717) is 17.1 Å². The highest BCUT2D eigenvalue weighted by Crippen LogP contribution is 2.12. The van der Waals surface area contributed by atoms with Gasteiger partial charge in [0, 0.05) is 10.7 Å². The molecule has 3 N–H and O–H groups in total. The van der Waals surface area contributed by atoms with Crippen molar-refractivity contribution >= 4 is 33.3 Å². The van der Waals surface area contributed by atoms with Crippen molar-refractivity contribution in [3.8, 4) is 0 Å². The van der Waals surface area contributed by atoms with Crippen LogP contribution in [0.3, 0.4) is 0 Å². The van der Waals surface area contributed by atoms with Crippen LogP contribution in [0.5, 0.6) is 0 Å². The standard InChI is InChI=1S/C10H14ClN3O3S/c1-2-7-18(16,17)14-13-10(15)12-9-5-3-8(11)4-6-9/h3-6,14H,2,7H2,1H3,(H2,12,13,15). The highest BCUT2D eigenvalue weighted by molar-refractivity contribution is 7.89. The van der Waals surface area contributed by atoms with Gasteiger partial charge >= 0.3 is 6.03 Å². The minimum atomic E-state index is -3.47. The molecule has 0 radical (unpaired) electrons. The lowest BCUT2D eigenvalue weighted by Gasteiger charge is -2.09. The van der Waals surface area contributed by atoms with E-state index >= 15 is 0 Å². The molecule has 2 amide bonds. The van der Waals surface area contributed by atoms with Gasteiger partial charge in [-0.25, -0.2) is 13.2 Å². The van der Waals surface area contributed by atoms with Gasteiger partial charge in [-0.1, -0.05) is 18.5 Å². The van der Waals surface area contributed by atoms with Crippen LogP contribution in [0.25, 0.3) is 0 Å². The average molecular weight is 292 g/mol. The van der Waals surface area contributed by atoms with E-state index in [1.807, 2.05) is 10.3 Å². The highest BCUT2D eigenvalue weighted by Gasteiger charge is 2.09. The molecule has 0 aliphatic heterocycles. The lowest BCUT2D eigenvalue weighted by Crippen LogP contribution is -2.44. The second-order valence-corrected chi connectivity index (χ2v) is 5.79. The number of hydrazine groups is 1. The Bertz CT molecular complexity index is 502. The Balaban J connectivity index is 2.45. The van der Waals surface area contributed by atoms with E-state index < -0.39 is 16.1 Å². The van der Waals surface area contributed by atoms with E-state index in [4.69, 9.17) is 11.6 Å². The first-order valence-electron chi connectivity index (χ1n) is 5.25. The van der Waals surface area contributed by atoms with Crippen LogP contribution < -0.4 is 15.6 Å². The molecule has 18 heavy (non-hydrogen) atoms. The fourth-order valence-electron chi connectivity index (χ4n) is 1.14. The first-order valence-corrected chi connectivity index (χ1v) is 7.28. The Kier molecular flexibility index (Phi) is 5.39. The molecule has 0 saturated heterocycles. The van der Waals surface area contributed by atoms with Crippen LogP contribution in [0.15, 0.2) is 24.3 Å². The van der Waals surface area contributed by atoms with E-state index in [0.717, 1.165) is 0 Å². The molecule has 0 aliphatic rings. The molecular weight excluding hydrogens is 278 g/mol. The van der Waals surface area contributed by atoms with Crippen LogP contribution in [-0.2, 0) is 10.0 Å². The van der Waals surface area contributed by atoms with Crippen molar-refractivity contribution in [2.75, 3.05) is 11.1 Å². The number of rotatable bonds is 5. The van der Waals surface area contributed by atoms with Crippen molar-refractivity contribution in [3.05, 3.63) is 29.3 Å². The average Bonchev–Trinajstić information content (AvgIpc) is 2.30. The van der Waals surface area contributed by atoms with E-state index in [1.54, 1.807) is 31.2 Å². The van der Waals surface area contributed by atoms with Crippen LogP contribution in [0.4, 0.5) is 10.5 Å². The number of amides is 2. The van der Waals surface area contributed by atoms with Crippen LogP contribution >= 0.6 is 11.6 Å². The van der Waals surface area contributed by atoms with Crippen molar-refractivity contribution < 1.29 is 13.2 Å². The largest absolute Gasteiger partial charge is 0.334 e. The fraction of sp³-hybridized carbons (Fsp3) is 0.300. The normalized spacial score (nSPS) is 11.0. The van der Waals surface area contributed by atoms with E-state index in [2.05, 4.69) is 5.32 Å². The number of carbonyl (C=O) groups is 1. The first kappa shape index (κ1) is 14.7. The number of hydrogen-bond acceptors (Lipinski definition) is 3. The third-order valence-corrected chi connectivity index (χ3v) is 3.51. The summed E-state index contributed by atoms with van der Waals surface area (Å²) in [6.07, 6.45) is 0.468. The summed E-state index contributed by atoms with van der Waals surface area (Å²) in [5.74, 6) is -0.0474. The summed E-state index contributed by atoms with van der Waals surface area (Å²) >= 11 is 5.68. The number of halogens is 1. The second kappa shape index (κ2) is 6.58. The predicted octanol–water partition coefficient (Wildman–Crippen LogP) is 1.71. The van der Waals surface area contributed by atoms with E-state index in [9.17, 15) is 13.2 Å². The number of sulfonamides is 1. The molecule has 0 unspecified atom stereocenters. The summed E-state index contributed by atoms with van der Waals surface area (Å²) in [5, 5.41) is 2.99. The molecule has 100 valence electrons. The van der Waals surface area contributed by atoms with Gasteiger partial charge in [0.25, 0.3) is 0 Å². The molecule has 8 heteroatoms. The third-order valence-electron chi connectivity index (χ3n) is 1.90. The van der Waals surface area contributed by atoms with Crippen molar-refractivity contribution in [2.45, 2.75) is 13.3 Å². The van der Waals surface area contributed by atoms with Gasteiger partial charge in [-0.2, -0.15) is 0 Å². The molecule has 6 nitrogen and oxygen atoms in total. The van der Waals surface area contributed by atoms with Crippen LogP contribution in [0, 0.1) is 0 Å². The summed E-state index contributed by atoms with van der Waals surface area (Å²) in [7, 11) is -3.47. The molecule has 0 aliphatic carbocycles. The predicted molar refractivity (Wildman–Crippen MR) is 70.8 cm³/mol. The Hall–Kier alpha value is -1.31. The summed E-state index contributed by atoms with van der Waals surface area (Å²) in [5.41, 5.74) is 2.56. The molecule has 0 spiro atoms. The van der Waals surface area contributed by atoms with Gasteiger partial charge in [0.2, 0.25) is 10.0 Å². The minimum absolute atomic E-state index is 0.0474. The van der Waals surface area contributed by atoms with Crippen molar-refractivity contribution in [1.82, 2.24) is 10.3 Å². The van der Waals surface area contributed by atoms with Gasteiger partial charge in [-0.15, -0.1) is 4.83 Å². The summed E-state index contributed by atoms with van der Waals surface area (Å²) in [4.78, 5) is 13.3. The topological polar surface area (TPSA) is 87.3 Å². The Morgan fingerprint density at radius 3 is 2.44 bits per heavy atom. The van der Waals surface area contributed by atoms with Crippen molar-refractivity contribution in [2.24, 2.45) is 0 Å². The molecule has 0 aromatic heterocycles. The number of carbonyl (C=O) groups excluding carboxylic acids is 1. The third kappa shape index (κ3) is 5.35. The zero-order chi connectivity index (χ0) is 13.6. The zero-order valence-electron chi connectivity index (χ0n) is 9.73. The van der Waals surface area contributed by atoms with Crippen LogP contribution in [0.2, 0.25) is 5.02 Å². The number of anilines is 1. The number of benzene rings is 1. The maximum absolute atomic E-state index is 11.4. The monoisotopic (exact) mass is 291 g/mol. The smallest absolute Gasteiger partial charge is 0.307 e. The van der Waals surface area contributed by atoms with Gasteiger partial charge in [-0.3, -0.25) is 5.43 Å². The molecule has 0 fully saturated rings. The summed E-state index contributed by atoms with van der Waals surface area (Å²) in [6, 6.07) is 5.75. The molecular formula is C10H14ClN3O3S. The van der Waals surface area contributed by atoms with Crippen LogP contribution in [-0.4, -0.2) is 20.2 Å². The molecule has 0 heterocycles. The van der Waals surface area contributed by atoms with Gasteiger partial charge < -0.3 is 5.32 Å². The second-order valence-electron chi connectivity index (χ2n) is 3.51. The van der Waals surface area contributed by atoms with Gasteiger partial charge in [0.1, 0.15) is 0 Å². The maximum Gasteiger partial charge on any atom is 0.334 e. The molecule has 0 saturated carbocycles. The molecule has 0 atom stereocenters. The zero-order valence-corrected chi connectivity index (χ0v) is 11.3. The lowest BCUT2D eigenvalue weighted by atomic mass is 10.3. The van der Waals surface area contributed by atoms with Gasteiger partial charge in [0.15, 0.2) is 0 Å². The number of nitrogens with one attached hydrogen (secondary N) is 3. The first-order chi connectivity index (χ1) is 8.43. The SMILES string of the molecule is CCCS(=O)(=O)NNC(=O)Nc1ccc(Cl)cc1. The lowest BCUT2D eigenvalue weighted by molar-refractivity contribution is 0.250. The van der Waals surface area contributed by atoms with Crippen molar-refractivity contribution in [1.29, 1.82) is 0 Å². The summed E-state index contributed by atoms with van der Waals surface area (Å²) < 4.78 is 22.5. The van der Waals surface area contributed by atoms with Crippen LogP contribution in [0.1, 0.15) is 13.3 Å². The van der Waals surface area contributed by atoms with Gasteiger partial charge in [-0.05, 0) is 30.7 Å². The molecule has 0 bridgehead atoms. The molecule has 1 rings (SSSR count). The number of hydrogen-bond donors (Lipinski definition) is 3. The highest BCUT2D eigenvalue weighted by atomic mass is 35.5. The van der Waals surface area contributed by atoms with Gasteiger partial charge in [0.05, 0.1) is 5.75 Å². The fourth-order valence-corrected chi connectivity index (χ4v) is 2.15. The Morgan fingerprint density at radius 1 is 1.28 bits per heavy atom. The van der Waals surface area contributed by atoms with E-state index in [-0.39, 0.29) is 5.75 Å². The molecule has 1 aromatic carbocycles. The molecule has 1 aromatic rings. The minimum Gasteiger partial charge on any atom is -0.307 e. The number of urea groups is 1. The van der Waals surface area contributed by atoms with Crippen molar-refractivity contribution in [3.63, 3.8) is 0 Å². The Labute approximate surface area is 111 Å². The summed E-state index contributed by atoms with van der Waals surface area (Å²) in [6.45, 7) is 1.73. The van der Waals surface area contributed by atoms with E-state index in [1.165, 1.54) is 0 Å². The quantitative estimate of drug-likeness (QED) is 0.722. The Morgan fingerprint density at radius 2 is 1.89 bits per heavy atom.